The average Bonchev–Trinajstić information content (AvgIpc) is 2.52. The van der Waals surface area contributed by atoms with E-state index >= 15 is 0 Å². The van der Waals surface area contributed by atoms with Crippen molar-refractivity contribution in [1.82, 2.24) is 10.2 Å². The van der Waals surface area contributed by atoms with Crippen LogP contribution in [0.15, 0.2) is 24.3 Å². The van der Waals surface area contributed by atoms with E-state index in [0.29, 0.717) is 6.04 Å². The van der Waals surface area contributed by atoms with Crippen LogP contribution in [0.4, 0.5) is 0 Å². The summed E-state index contributed by atoms with van der Waals surface area (Å²) in [6.45, 7) is 6.41. The summed E-state index contributed by atoms with van der Waals surface area (Å²) in [5, 5.41) is 3.47. The van der Waals surface area contributed by atoms with Crippen molar-refractivity contribution in [3.05, 3.63) is 33.4 Å². The van der Waals surface area contributed by atoms with Gasteiger partial charge in [0.15, 0.2) is 0 Å². The third kappa shape index (κ3) is 3.53. The van der Waals surface area contributed by atoms with E-state index in [2.05, 4.69) is 57.1 Å². The number of ether oxygens (including phenoxy) is 1. The second-order valence-electron chi connectivity index (χ2n) is 5.73. The molecule has 2 aliphatic rings. The SMILES string of the molecule is Ic1ccc([C@@H](C2CCOCC2)N2CCNCC2)cc1. The van der Waals surface area contributed by atoms with Gasteiger partial charge in [-0.05, 0) is 59.0 Å². The van der Waals surface area contributed by atoms with Crippen LogP contribution in [0.3, 0.4) is 0 Å². The van der Waals surface area contributed by atoms with Crippen molar-refractivity contribution in [3.63, 3.8) is 0 Å². The smallest absolute Gasteiger partial charge is 0.0469 e. The van der Waals surface area contributed by atoms with Gasteiger partial charge in [-0.15, -0.1) is 0 Å². The van der Waals surface area contributed by atoms with E-state index in [9.17, 15) is 0 Å². The second kappa shape index (κ2) is 7.20. The van der Waals surface area contributed by atoms with Crippen molar-refractivity contribution < 1.29 is 4.74 Å². The van der Waals surface area contributed by atoms with Crippen LogP contribution in [0.1, 0.15) is 24.4 Å². The van der Waals surface area contributed by atoms with Gasteiger partial charge in [-0.2, -0.15) is 0 Å². The summed E-state index contributed by atoms with van der Waals surface area (Å²) in [4.78, 5) is 2.68. The predicted octanol–water partition coefficient (Wildman–Crippen LogP) is 2.66. The predicted molar refractivity (Wildman–Crippen MR) is 89.9 cm³/mol. The highest BCUT2D eigenvalue weighted by molar-refractivity contribution is 14.1. The van der Waals surface area contributed by atoms with Gasteiger partial charge < -0.3 is 10.1 Å². The summed E-state index contributed by atoms with van der Waals surface area (Å²) in [5.74, 6) is 0.738. The van der Waals surface area contributed by atoms with Gasteiger partial charge >= 0.3 is 0 Å². The summed E-state index contributed by atoms with van der Waals surface area (Å²) in [5.41, 5.74) is 1.49. The van der Waals surface area contributed by atoms with Crippen molar-refractivity contribution in [3.8, 4) is 0 Å². The third-order valence-electron chi connectivity index (χ3n) is 4.47. The monoisotopic (exact) mass is 386 g/mol. The Kier molecular flexibility index (Phi) is 5.31. The molecule has 0 spiro atoms. The summed E-state index contributed by atoms with van der Waals surface area (Å²) >= 11 is 2.39. The molecule has 0 radical (unpaired) electrons. The highest BCUT2D eigenvalue weighted by Gasteiger charge is 2.31. The molecule has 0 bridgehead atoms. The maximum absolute atomic E-state index is 5.56. The number of nitrogens with zero attached hydrogens (tertiary/aromatic N) is 1. The molecule has 1 atom stereocenters. The standard InChI is InChI=1S/C16H23IN2O/c17-15-3-1-13(2-4-15)16(14-5-11-20-12-6-14)19-9-7-18-8-10-19/h1-4,14,16,18H,5-12H2/t16-/m0/s1. The number of benzene rings is 1. The van der Waals surface area contributed by atoms with Gasteiger partial charge in [0.25, 0.3) is 0 Å². The summed E-state index contributed by atoms with van der Waals surface area (Å²) in [6, 6.07) is 9.70. The lowest BCUT2D eigenvalue weighted by atomic mass is 9.85. The zero-order valence-corrected chi connectivity index (χ0v) is 14.0. The summed E-state index contributed by atoms with van der Waals surface area (Å²) < 4.78 is 6.88. The topological polar surface area (TPSA) is 24.5 Å². The number of piperazine rings is 1. The molecule has 0 aliphatic carbocycles. The van der Waals surface area contributed by atoms with Crippen LogP contribution >= 0.6 is 22.6 Å². The molecular weight excluding hydrogens is 363 g/mol. The van der Waals surface area contributed by atoms with Crippen LogP contribution in [0.5, 0.6) is 0 Å². The second-order valence-corrected chi connectivity index (χ2v) is 6.98. The zero-order valence-electron chi connectivity index (χ0n) is 11.9. The van der Waals surface area contributed by atoms with Crippen LogP contribution < -0.4 is 5.32 Å². The minimum absolute atomic E-state index is 0.568. The van der Waals surface area contributed by atoms with Gasteiger partial charge in [0.1, 0.15) is 0 Å². The van der Waals surface area contributed by atoms with E-state index in [0.717, 1.165) is 45.3 Å². The molecule has 0 aromatic heterocycles. The van der Waals surface area contributed by atoms with E-state index in [1.807, 2.05) is 0 Å². The highest BCUT2D eigenvalue weighted by Crippen LogP contribution is 2.35. The van der Waals surface area contributed by atoms with Crippen molar-refractivity contribution in [2.45, 2.75) is 18.9 Å². The molecule has 2 fully saturated rings. The quantitative estimate of drug-likeness (QED) is 0.809. The van der Waals surface area contributed by atoms with Crippen LogP contribution in [-0.2, 0) is 4.74 Å². The van der Waals surface area contributed by atoms with E-state index in [4.69, 9.17) is 4.74 Å². The Morgan fingerprint density at radius 1 is 1.10 bits per heavy atom. The molecule has 0 unspecified atom stereocenters. The molecule has 4 heteroatoms. The van der Waals surface area contributed by atoms with Crippen molar-refractivity contribution in [2.24, 2.45) is 5.92 Å². The number of hydrogen-bond acceptors (Lipinski definition) is 3. The normalized spacial score (nSPS) is 23.6. The molecular formula is C16H23IN2O. The van der Waals surface area contributed by atoms with Crippen LogP contribution in [-0.4, -0.2) is 44.3 Å². The van der Waals surface area contributed by atoms with Gasteiger partial charge in [0.05, 0.1) is 0 Å². The maximum Gasteiger partial charge on any atom is 0.0469 e. The lowest BCUT2D eigenvalue weighted by molar-refractivity contribution is 0.0213. The maximum atomic E-state index is 5.56. The van der Waals surface area contributed by atoms with Crippen molar-refractivity contribution in [2.75, 3.05) is 39.4 Å². The molecule has 2 heterocycles. The lowest BCUT2D eigenvalue weighted by Gasteiger charge is -2.41. The molecule has 1 N–H and O–H groups in total. The molecule has 3 nitrogen and oxygen atoms in total. The van der Waals surface area contributed by atoms with Gasteiger partial charge in [0, 0.05) is 49.0 Å². The van der Waals surface area contributed by atoms with Crippen LogP contribution in [0.25, 0.3) is 0 Å². The molecule has 1 aromatic rings. The minimum atomic E-state index is 0.568. The average molecular weight is 386 g/mol. The van der Waals surface area contributed by atoms with Gasteiger partial charge in [-0.25, -0.2) is 0 Å². The summed E-state index contributed by atoms with van der Waals surface area (Å²) in [6.07, 6.45) is 2.39. The zero-order chi connectivity index (χ0) is 13.8. The molecule has 3 rings (SSSR count). The fraction of sp³-hybridized carbons (Fsp3) is 0.625. The Balaban J connectivity index is 1.83. The Bertz CT molecular complexity index is 393. The summed E-state index contributed by atoms with van der Waals surface area (Å²) in [7, 11) is 0. The van der Waals surface area contributed by atoms with E-state index < -0.39 is 0 Å². The third-order valence-corrected chi connectivity index (χ3v) is 5.19. The molecule has 20 heavy (non-hydrogen) atoms. The lowest BCUT2D eigenvalue weighted by Crippen LogP contribution is -2.47. The molecule has 0 amide bonds. The number of hydrogen-bond donors (Lipinski definition) is 1. The highest BCUT2D eigenvalue weighted by atomic mass is 127. The van der Waals surface area contributed by atoms with E-state index in [-0.39, 0.29) is 0 Å². The Morgan fingerprint density at radius 3 is 2.40 bits per heavy atom. The minimum Gasteiger partial charge on any atom is -0.381 e. The van der Waals surface area contributed by atoms with Crippen molar-refractivity contribution in [1.29, 1.82) is 0 Å². The Hall–Kier alpha value is -0.170. The van der Waals surface area contributed by atoms with E-state index in [1.54, 1.807) is 0 Å². The Labute approximate surface area is 135 Å². The first-order valence-corrected chi connectivity index (χ1v) is 8.70. The molecule has 1 aromatic carbocycles. The number of rotatable bonds is 3. The molecule has 0 saturated carbocycles. The molecule has 2 aliphatic heterocycles. The molecule has 2 saturated heterocycles. The first-order valence-electron chi connectivity index (χ1n) is 7.62. The first kappa shape index (κ1) is 14.8. The van der Waals surface area contributed by atoms with E-state index in [1.165, 1.54) is 22.0 Å². The number of halogens is 1. The first-order chi connectivity index (χ1) is 9.84. The van der Waals surface area contributed by atoms with Gasteiger partial charge in [0.2, 0.25) is 0 Å². The van der Waals surface area contributed by atoms with Crippen molar-refractivity contribution >= 4 is 22.6 Å². The van der Waals surface area contributed by atoms with Gasteiger partial charge in [-0.1, -0.05) is 12.1 Å². The largest absolute Gasteiger partial charge is 0.381 e. The molecule has 110 valence electrons. The Morgan fingerprint density at radius 2 is 1.75 bits per heavy atom. The number of nitrogens with one attached hydrogen (secondary N) is 1. The van der Waals surface area contributed by atoms with Gasteiger partial charge in [-0.3, -0.25) is 4.90 Å². The van der Waals surface area contributed by atoms with Crippen LogP contribution in [0.2, 0.25) is 0 Å². The fourth-order valence-corrected chi connectivity index (χ4v) is 3.79. The van der Waals surface area contributed by atoms with Crippen LogP contribution in [0, 0.1) is 9.49 Å². The fourth-order valence-electron chi connectivity index (χ4n) is 3.43.